The molecule has 0 N–H and O–H groups in total. The largest absolute Gasteiger partial charge is 0.496 e. The van der Waals surface area contributed by atoms with Crippen LogP contribution in [0.5, 0.6) is 17.2 Å². The van der Waals surface area contributed by atoms with E-state index in [2.05, 4.69) is 5.10 Å². The number of halogens is 1. The highest BCUT2D eigenvalue weighted by Gasteiger charge is 2.27. The summed E-state index contributed by atoms with van der Waals surface area (Å²) in [5, 5.41) is 4.87. The zero-order valence-electron chi connectivity index (χ0n) is 19.9. The van der Waals surface area contributed by atoms with Crippen molar-refractivity contribution in [1.82, 2.24) is 19.3 Å². The number of carbonyl (C=O) groups excluding carboxylic acids is 1. The number of nitrogens with zero attached hydrogens (tertiary/aromatic N) is 4. The number of rotatable bonds is 5. The van der Waals surface area contributed by atoms with Gasteiger partial charge in [-0.1, -0.05) is 29.8 Å². The molecule has 0 atom stereocenters. The Morgan fingerprint density at radius 3 is 2.67 bits per heavy atom. The van der Waals surface area contributed by atoms with Crippen LogP contribution in [0.25, 0.3) is 22.7 Å². The lowest BCUT2D eigenvalue weighted by atomic mass is 10.00. The van der Waals surface area contributed by atoms with Crippen LogP contribution in [0.3, 0.4) is 0 Å². The molecule has 184 valence electrons. The molecule has 3 heterocycles. The van der Waals surface area contributed by atoms with E-state index in [9.17, 15) is 9.59 Å². The first-order chi connectivity index (χ1) is 17.4. The summed E-state index contributed by atoms with van der Waals surface area (Å²) in [6.45, 7) is 0.563. The summed E-state index contributed by atoms with van der Waals surface area (Å²) in [6.07, 6.45) is 4.84. The number of methoxy groups -OCH3 is 2. The van der Waals surface area contributed by atoms with Gasteiger partial charge in [0.05, 0.1) is 25.4 Å². The molecular formula is C26H23ClN4O5. The average molecular weight is 507 g/mol. The predicted molar refractivity (Wildman–Crippen MR) is 136 cm³/mol. The number of aryl methyl sites for hydroxylation is 1. The molecule has 0 saturated carbocycles. The van der Waals surface area contributed by atoms with Crippen LogP contribution in [0.15, 0.2) is 47.4 Å². The molecule has 0 saturated heterocycles. The van der Waals surface area contributed by atoms with E-state index in [0.717, 1.165) is 12.0 Å². The highest BCUT2D eigenvalue weighted by molar-refractivity contribution is 6.34. The fourth-order valence-electron chi connectivity index (χ4n) is 4.36. The molecule has 0 bridgehead atoms. The Morgan fingerprint density at radius 2 is 1.94 bits per heavy atom. The molecule has 36 heavy (non-hydrogen) atoms. The van der Waals surface area contributed by atoms with Crippen LogP contribution >= 0.6 is 11.6 Å². The molecule has 9 nitrogen and oxygen atoms in total. The van der Waals surface area contributed by atoms with Gasteiger partial charge in [0.2, 0.25) is 0 Å². The Morgan fingerprint density at radius 1 is 1.17 bits per heavy atom. The molecule has 1 aliphatic heterocycles. The van der Waals surface area contributed by atoms with E-state index in [-0.39, 0.29) is 27.6 Å². The minimum atomic E-state index is -0.661. The average Bonchev–Trinajstić information content (AvgIpc) is 3.26. The molecule has 10 heteroatoms. The van der Waals surface area contributed by atoms with Crippen molar-refractivity contribution in [2.45, 2.75) is 19.4 Å². The third-order valence-electron chi connectivity index (χ3n) is 6.09. The first-order valence-corrected chi connectivity index (χ1v) is 11.7. The van der Waals surface area contributed by atoms with Gasteiger partial charge in [0.1, 0.15) is 28.3 Å². The van der Waals surface area contributed by atoms with Crippen LogP contribution in [0.2, 0.25) is 5.02 Å². The van der Waals surface area contributed by atoms with Crippen molar-refractivity contribution in [3.05, 3.63) is 74.9 Å². The Kier molecular flexibility index (Phi) is 6.24. The van der Waals surface area contributed by atoms with Gasteiger partial charge in [-0.25, -0.2) is 9.78 Å². The number of carbonyl (C=O) groups is 1. The van der Waals surface area contributed by atoms with Crippen LogP contribution in [-0.2, 0) is 13.6 Å². The Balaban J connectivity index is 1.63. The molecule has 4 aromatic rings. The molecule has 0 fully saturated rings. The summed E-state index contributed by atoms with van der Waals surface area (Å²) in [5.41, 5.74) is 1.84. The van der Waals surface area contributed by atoms with Gasteiger partial charge in [0, 0.05) is 19.2 Å². The lowest BCUT2D eigenvalue weighted by Gasteiger charge is -2.21. The van der Waals surface area contributed by atoms with Gasteiger partial charge >= 0.3 is 5.97 Å². The van der Waals surface area contributed by atoms with Crippen LogP contribution in [0.4, 0.5) is 0 Å². The predicted octanol–water partition coefficient (Wildman–Crippen LogP) is 4.35. The van der Waals surface area contributed by atoms with Gasteiger partial charge in [-0.15, -0.1) is 0 Å². The second kappa shape index (κ2) is 9.50. The fraction of sp³-hybridized carbons (Fsp3) is 0.231. The second-order valence-corrected chi connectivity index (χ2v) is 8.64. The molecule has 1 aliphatic rings. The van der Waals surface area contributed by atoms with Crippen molar-refractivity contribution >= 4 is 40.3 Å². The first-order valence-electron chi connectivity index (χ1n) is 11.3. The van der Waals surface area contributed by atoms with Gasteiger partial charge in [0.25, 0.3) is 5.56 Å². The van der Waals surface area contributed by atoms with Gasteiger partial charge < -0.3 is 14.2 Å². The van der Waals surface area contributed by atoms with Crippen molar-refractivity contribution in [3.8, 4) is 17.2 Å². The van der Waals surface area contributed by atoms with E-state index in [4.69, 9.17) is 30.8 Å². The smallest absolute Gasteiger partial charge is 0.351 e. The van der Waals surface area contributed by atoms with Crippen molar-refractivity contribution in [2.24, 2.45) is 7.05 Å². The second-order valence-electron chi connectivity index (χ2n) is 8.26. The molecule has 0 unspecified atom stereocenters. The van der Waals surface area contributed by atoms with Gasteiger partial charge in [-0.3, -0.25) is 14.0 Å². The van der Waals surface area contributed by atoms with Crippen LogP contribution < -0.4 is 19.8 Å². The number of aromatic nitrogens is 4. The van der Waals surface area contributed by atoms with Gasteiger partial charge in [0.15, 0.2) is 11.4 Å². The SMILES string of the molecule is COc1cc(/C=C2\CCCn3c2nc2c(cnn2C)c3=O)c(Cl)c(OC)c1C(=O)Oc1ccccc1. The molecule has 0 spiro atoms. The van der Waals surface area contributed by atoms with E-state index in [1.807, 2.05) is 12.1 Å². The topological polar surface area (TPSA) is 97.5 Å². The van der Waals surface area contributed by atoms with Crippen LogP contribution in [-0.4, -0.2) is 39.5 Å². The third kappa shape index (κ3) is 4.01. The quantitative estimate of drug-likeness (QED) is 0.293. The number of hydrogen-bond acceptors (Lipinski definition) is 7. The van der Waals surface area contributed by atoms with Crippen molar-refractivity contribution in [3.63, 3.8) is 0 Å². The third-order valence-corrected chi connectivity index (χ3v) is 6.48. The van der Waals surface area contributed by atoms with E-state index in [0.29, 0.717) is 41.1 Å². The number of benzene rings is 2. The van der Waals surface area contributed by atoms with Crippen molar-refractivity contribution in [2.75, 3.05) is 14.2 Å². The first kappa shape index (κ1) is 23.6. The number of allylic oxidation sites excluding steroid dienone is 1. The monoisotopic (exact) mass is 506 g/mol. The Hall–Kier alpha value is -4.11. The standard InChI is InChI=1S/C26H23ClN4O5/c1-30-24-18(14-28-30)25(32)31-11-7-8-15(23(31)29-24)12-16-13-19(34-2)20(22(35-3)21(16)27)26(33)36-17-9-5-4-6-10-17/h4-6,9-10,12-14H,7-8,11H2,1-3H3/b15-12+. The summed E-state index contributed by atoms with van der Waals surface area (Å²) >= 11 is 6.73. The normalized spacial score (nSPS) is 14.1. The minimum Gasteiger partial charge on any atom is -0.496 e. The molecule has 2 aromatic carbocycles. The van der Waals surface area contributed by atoms with Crippen LogP contribution in [0, 0.1) is 0 Å². The summed E-state index contributed by atoms with van der Waals surface area (Å²) in [6, 6.07) is 10.3. The maximum atomic E-state index is 13.0. The van der Waals surface area contributed by atoms with Gasteiger partial charge in [-0.2, -0.15) is 5.10 Å². The van der Waals surface area contributed by atoms with E-state index < -0.39 is 5.97 Å². The molecular weight excluding hydrogens is 484 g/mol. The number of fused-ring (bicyclic) bond motifs is 2. The summed E-state index contributed by atoms with van der Waals surface area (Å²) in [4.78, 5) is 30.8. The molecule has 0 aliphatic carbocycles. The maximum Gasteiger partial charge on any atom is 0.351 e. The highest BCUT2D eigenvalue weighted by atomic mass is 35.5. The zero-order valence-corrected chi connectivity index (χ0v) is 20.7. The van der Waals surface area contributed by atoms with Crippen molar-refractivity contribution < 1.29 is 19.0 Å². The lowest BCUT2D eigenvalue weighted by Crippen LogP contribution is -2.27. The molecule has 0 radical (unpaired) electrons. The Bertz CT molecular complexity index is 1570. The van der Waals surface area contributed by atoms with E-state index >= 15 is 0 Å². The van der Waals surface area contributed by atoms with E-state index in [1.165, 1.54) is 20.4 Å². The number of ether oxygens (including phenoxy) is 3. The molecule has 0 amide bonds. The lowest BCUT2D eigenvalue weighted by molar-refractivity contribution is 0.0727. The maximum absolute atomic E-state index is 13.0. The summed E-state index contributed by atoms with van der Waals surface area (Å²) in [5.74, 6) is 0.653. The van der Waals surface area contributed by atoms with E-state index in [1.54, 1.807) is 46.6 Å². The fourth-order valence-corrected chi connectivity index (χ4v) is 4.64. The summed E-state index contributed by atoms with van der Waals surface area (Å²) in [7, 11) is 4.62. The number of esters is 1. The van der Waals surface area contributed by atoms with Crippen LogP contribution in [0.1, 0.15) is 34.6 Å². The molecule has 2 aromatic heterocycles. The van der Waals surface area contributed by atoms with Crippen molar-refractivity contribution in [1.29, 1.82) is 0 Å². The van der Waals surface area contributed by atoms with Gasteiger partial charge in [-0.05, 0) is 42.7 Å². The highest BCUT2D eigenvalue weighted by Crippen LogP contribution is 2.41. The minimum absolute atomic E-state index is 0.0750. The molecule has 5 rings (SSSR count). The summed E-state index contributed by atoms with van der Waals surface area (Å²) < 4.78 is 19.8. The number of hydrogen-bond donors (Lipinski definition) is 0. The number of para-hydroxylation sites is 1. The zero-order chi connectivity index (χ0) is 25.4. The Labute approximate surface area is 211 Å².